The van der Waals surface area contributed by atoms with Gasteiger partial charge in [0.15, 0.2) is 0 Å². The van der Waals surface area contributed by atoms with Gasteiger partial charge in [-0.3, -0.25) is 19.8 Å². The van der Waals surface area contributed by atoms with Gasteiger partial charge in [-0.15, -0.1) is 0 Å². The van der Waals surface area contributed by atoms with E-state index >= 15 is 0 Å². The minimum absolute atomic E-state index is 0.124. The molecule has 1 saturated heterocycles. The Balaban J connectivity index is 2.49. The summed E-state index contributed by atoms with van der Waals surface area (Å²) in [6.45, 7) is 0. The second-order valence-electron chi connectivity index (χ2n) is 3.90. The van der Waals surface area contributed by atoms with Gasteiger partial charge in [0.2, 0.25) is 5.75 Å². The van der Waals surface area contributed by atoms with Crippen LogP contribution < -0.4 is 4.74 Å². The Morgan fingerprint density at radius 1 is 1.50 bits per heavy atom. The number of rotatable bonds is 3. The highest BCUT2D eigenvalue weighted by Gasteiger charge is 2.29. The van der Waals surface area contributed by atoms with Crippen molar-refractivity contribution in [2.24, 2.45) is 0 Å². The highest BCUT2D eigenvalue weighted by molar-refractivity contribution is 8.26. The Kier molecular flexibility index (Phi) is 4.05. The summed E-state index contributed by atoms with van der Waals surface area (Å²) in [6, 6.07) is 4.54. The molecule has 0 aliphatic carbocycles. The molecule has 0 N–H and O–H groups in total. The molecule has 104 valence electrons. The fraction of sp³-hybridized carbons (Fsp3) is 0.167. The van der Waals surface area contributed by atoms with Crippen molar-refractivity contribution in [1.82, 2.24) is 4.90 Å². The van der Waals surface area contributed by atoms with Gasteiger partial charge in [-0.05, 0) is 6.08 Å². The summed E-state index contributed by atoms with van der Waals surface area (Å²) >= 11 is 6.18. The van der Waals surface area contributed by atoms with Crippen LogP contribution in [-0.4, -0.2) is 34.2 Å². The van der Waals surface area contributed by atoms with E-state index in [2.05, 4.69) is 0 Å². The van der Waals surface area contributed by atoms with E-state index in [1.807, 2.05) is 0 Å². The first-order chi connectivity index (χ1) is 9.45. The number of hydrogen-bond donors (Lipinski definition) is 0. The molecule has 8 heteroatoms. The summed E-state index contributed by atoms with van der Waals surface area (Å²) in [4.78, 5) is 24.1. The van der Waals surface area contributed by atoms with Crippen LogP contribution >= 0.6 is 24.0 Å². The molecule has 0 spiro atoms. The minimum Gasteiger partial charge on any atom is -0.490 e. The molecule has 0 unspecified atom stereocenters. The Bertz CT molecular complexity index is 642. The zero-order valence-electron chi connectivity index (χ0n) is 10.7. The van der Waals surface area contributed by atoms with Crippen molar-refractivity contribution in [3.63, 3.8) is 0 Å². The van der Waals surface area contributed by atoms with Gasteiger partial charge in [0, 0.05) is 18.7 Å². The number of thioether (sulfide) groups is 1. The zero-order chi connectivity index (χ0) is 14.9. The van der Waals surface area contributed by atoms with Crippen molar-refractivity contribution < 1.29 is 14.5 Å². The van der Waals surface area contributed by atoms with Crippen LogP contribution in [0.5, 0.6) is 5.75 Å². The Morgan fingerprint density at radius 3 is 2.70 bits per heavy atom. The summed E-state index contributed by atoms with van der Waals surface area (Å²) in [6.07, 6.45) is 1.55. The molecule has 0 aromatic heterocycles. The number of para-hydroxylation sites is 1. The van der Waals surface area contributed by atoms with Gasteiger partial charge in [0.1, 0.15) is 4.32 Å². The van der Waals surface area contributed by atoms with Crippen molar-refractivity contribution >= 4 is 46.0 Å². The van der Waals surface area contributed by atoms with Crippen LogP contribution in [0.1, 0.15) is 5.56 Å². The first-order valence-electron chi connectivity index (χ1n) is 5.48. The SMILES string of the molecule is COc1c(C=C2SC(=S)N(C)C2=O)cccc1[N+](=O)[O-]. The lowest BCUT2D eigenvalue weighted by molar-refractivity contribution is -0.385. The molecule has 0 radical (unpaired) electrons. The van der Waals surface area contributed by atoms with Crippen LogP contribution in [0, 0.1) is 10.1 Å². The Labute approximate surface area is 124 Å². The third-order valence-corrected chi connectivity index (χ3v) is 4.18. The number of nitrogens with zero attached hydrogens (tertiary/aromatic N) is 2. The lowest BCUT2D eigenvalue weighted by atomic mass is 10.1. The van der Waals surface area contributed by atoms with Crippen molar-refractivity contribution in [2.75, 3.05) is 14.2 Å². The van der Waals surface area contributed by atoms with Crippen molar-refractivity contribution in [2.45, 2.75) is 0 Å². The summed E-state index contributed by atoms with van der Waals surface area (Å²) in [5.74, 6) is -0.104. The van der Waals surface area contributed by atoms with Crippen LogP contribution in [0.2, 0.25) is 0 Å². The number of nitro groups is 1. The fourth-order valence-electron chi connectivity index (χ4n) is 1.71. The van der Waals surface area contributed by atoms with Crippen LogP contribution in [0.15, 0.2) is 23.1 Å². The van der Waals surface area contributed by atoms with Gasteiger partial charge in [0.25, 0.3) is 5.91 Å². The summed E-state index contributed by atoms with van der Waals surface area (Å²) in [5, 5.41) is 10.9. The highest BCUT2D eigenvalue weighted by Crippen LogP contribution is 2.36. The first kappa shape index (κ1) is 14.5. The summed E-state index contributed by atoms with van der Waals surface area (Å²) < 4.78 is 5.53. The molecule has 2 rings (SSSR count). The van der Waals surface area contributed by atoms with Crippen LogP contribution in [0.4, 0.5) is 5.69 Å². The molecule has 0 bridgehead atoms. The average molecular weight is 310 g/mol. The first-order valence-corrected chi connectivity index (χ1v) is 6.71. The number of hydrogen-bond acceptors (Lipinski definition) is 6. The molecule has 1 heterocycles. The molecule has 1 aliphatic heterocycles. The number of thiocarbonyl (C=S) groups is 1. The third kappa shape index (κ3) is 2.52. The van der Waals surface area contributed by atoms with E-state index in [0.717, 1.165) is 11.8 Å². The number of benzene rings is 1. The lowest BCUT2D eigenvalue weighted by Gasteiger charge is -2.06. The Hall–Kier alpha value is -1.93. The van der Waals surface area contributed by atoms with Crippen molar-refractivity contribution in [3.8, 4) is 5.75 Å². The monoisotopic (exact) mass is 310 g/mol. The Morgan fingerprint density at radius 2 is 2.20 bits per heavy atom. The number of nitro benzene ring substituents is 1. The number of amides is 1. The zero-order valence-corrected chi connectivity index (χ0v) is 12.3. The second-order valence-corrected chi connectivity index (χ2v) is 5.57. The van der Waals surface area contributed by atoms with Gasteiger partial charge in [-0.25, -0.2) is 0 Å². The lowest BCUT2D eigenvalue weighted by Crippen LogP contribution is -2.22. The predicted octanol–water partition coefficient (Wildman–Crippen LogP) is 2.43. The molecule has 0 saturated carbocycles. The largest absolute Gasteiger partial charge is 0.490 e. The number of carbonyl (C=O) groups is 1. The maximum atomic E-state index is 11.9. The number of ether oxygens (including phenoxy) is 1. The van der Waals surface area contributed by atoms with Gasteiger partial charge in [0.05, 0.1) is 16.9 Å². The van der Waals surface area contributed by atoms with Crippen LogP contribution in [0.3, 0.4) is 0 Å². The van der Waals surface area contributed by atoms with Gasteiger partial charge < -0.3 is 4.74 Å². The van der Waals surface area contributed by atoms with Gasteiger partial charge >= 0.3 is 5.69 Å². The molecule has 0 atom stereocenters. The predicted molar refractivity (Wildman–Crippen MR) is 80.6 cm³/mol. The van der Waals surface area contributed by atoms with Crippen molar-refractivity contribution in [1.29, 1.82) is 0 Å². The van der Waals surface area contributed by atoms with E-state index < -0.39 is 4.92 Å². The molecule has 1 aliphatic rings. The van der Waals surface area contributed by atoms with E-state index in [1.54, 1.807) is 25.3 Å². The topological polar surface area (TPSA) is 72.7 Å². The summed E-state index contributed by atoms with van der Waals surface area (Å²) in [5.41, 5.74) is 0.323. The average Bonchev–Trinajstić information content (AvgIpc) is 2.66. The molecule has 1 aromatic carbocycles. The second kappa shape index (κ2) is 5.59. The van der Waals surface area contributed by atoms with E-state index in [0.29, 0.717) is 14.8 Å². The molecule has 1 amide bonds. The number of likely N-dealkylation sites (N-methyl/N-ethyl adjacent to an activating group) is 1. The fourth-order valence-corrected chi connectivity index (χ4v) is 2.88. The van der Waals surface area contributed by atoms with Crippen LogP contribution in [-0.2, 0) is 4.79 Å². The third-order valence-electron chi connectivity index (χ3n) is 2.70. The number of carbonyl (C=O) groups excluding carboxylic acids is 1. The molecule has 6 nitrogen and oxygen atoms in total. The van der Waals surface area contributed by atoms with Gasteiger partial charge in [-0.1, -0.05) is 36.1 Å². The van der Waals surface area contributed by atoms with Crippen LogP contribution in [0.25, 0.3) is 6.08 Å². The van der Waals surface area contributed by atoms with E-state index in [1.165, 1.54) is 18.1 Å². The highest BCUT2D eigenvalue weighted by atomic mass is 32.2. The minimum atomic E-state index is -0.527. The van der Waals surface area contributed by atoms with Crippen molar-refractivity contribution in [3.05, 3.63) is 38.8 Å². The van der Waals surface area contributed by atoms with E-state index in [-0.39, 0.29) is 17.3 Å². The summed E-state index contributed by atoms with van der Waals surface area (Å²) in [7, 11) is 2.94. The molecular formula is C12H10N2O4S2. The van der Waals surface area contributed by atoms with Gasteiger partial charge in [-0.2, -0.15) is 0 Å². The normalized spacial score (nSPS) is 16.9. The quantitative estimate of drug-likeness (QED) is 0.369. The molecule has 20 heavy (non-hydrogen) atoms. The number of methoxy groups -OCH3 is 1. The molecular weight excluding hydrogens is 300 g/mol. The molecule has 1 aromatic rings. The maximum absolute atomic E-state index is 11.9. The van der Waals surface area contributed by atoms with E-state index in [9.17, 15) is 14.9 Å². The van der Waals surface area contributed by atoms with E-state index in [4.69, 9.17) is 17.0 Å². The smallest absolute Gasteiger partial charge is 0.311 e. The maximum Gasteiger partial charge on any atom is 0.311 e. The molecule has 1 fully saturated rings. The standard InChI is InChI=1S/C12H10N2O4S2/c1-13-11(15)9(20-12(13)19)6-7-4-3-5-8(14(16)17)10(7)18-2/h3-6H,1-2H3.